The standard InChI is InChI=1S/C13H16FN3O2/c1-9(18)16-10-3-6-17(7-4-10)13(19)11-2-5-15-8-12(11)14/h2,5,8,10H,3-4,6-7H2,1H3,(H,16,18). The minimum Gasteiger partial charge on any atom is -0.353 e. The highest BCUT2D eigenvalue weighted by Gasteiger charge is 2.25. The lowest BCUT2D eigenvalue weighted by Gasteiger charge is -2.32. The Labute approximate surface area is 110 Å². The van der Waals surface area contributed by atoms with Crippen LogP contribution in [0.15, 0.2) is 18.5 Å². The number of pyridine rings is 1. The van der Waals surface area contributed by atoms with Crippen molar-refractivity contribution >= 4 is 11.8 Å². The van der Waals surface area contributed by atoms with Gasteiger partial charge in [-0.1, -0.05) is 0 Å². The molecule has 1 aromatic heterocycles. The molecule has 1 aliphatic rings. The Kier molecular flexibility index (Phi) is 4.09. The van der Waals surface area contributed by atoms with E-state index in [0.29, 0.717) is 25.9 Å². The molecule has 102 valence electrons. The molecule has 2 rings (SSSR count). The lowest BCUT2D eigenvalue weighted by Crippen LogP contribution is -2.46. The maximum Gasteiger partial charge on any atom is 0.256 e. The molecule has 0 bridgehead atoms. The lowest BCUT2D eigenvalue weighted by atomic mass is 10.0. The molecule has 6 heteroatoms. The molecule has 1 N–H and O–H groups in total. The highest BCUT2D eigenvalue weighted by molar-refractivity contribution is 5.94. The molecule has 0 unspecified atom stereocenters. The van der Waals surface area contributed by atoms with Crippen molar-refractivity contribution in [2.45, 2.75) is 25.8 Å². The third kappa shape index (κ3) is 3.27. The lowest BCUT2D eigenvalue weighted by molar-refractivity contribution is -0.119. The van der Waals surface area contributed by atoms with Crippen molar-refractivity contribution < 1.29 is 14.0 Å². The summed E-state index contributed by atoms with van der Waals surface area (Å²) >= 11 is 0. The fourth-order valence-electron chi connectivity index (χ4n) is 2.23. The highest BCUT2D eigenvalue weighted by Crippen LogP contribution is 2.15. The summed E-state index contributed by atoms with van der Waals surface area (Å²) in [6.45, 7) is 2.51. The molecule has 1 fully saturated rings. The first-order chi connectivity index (χ1) is 9.08. The van der Waals surface area contributed by atoms with E-state index >= 15 is 0 Å². The Morgan fingerprint density at radius 1 is 1.42 bits per heavy atom. The molecule has 2 heterocycles. The average Bonchev–Trinajstić information content (AvgIpc) is 2.39. The highest BCUT2D eigenvalue weighted by atomic mass is 19.1. The van der Waals surface area contributed by atoms with Gasteiger partial charge in [0.25, 0.3) is 5.91 Å². The van der Waals surface area contributed by atoms with Gasteiger partial charge in [-0.15, -0.1) is 0 Å². The second-order valence-electron chi connectivity index (χ2n) is 4.62. The molecule has 0 spiro atoms. The molecular formula is C13H16FN3O2. The second kappa shape index (κ2) is 5.77. The maximum absolute atomic E-state index is 13.5. The van der Waals surface area contributed by atoms with E-state index in [2.05, 4.69) is 10.3 Å². The maximum atomic E-state index is 13.5. The molecular weight excluding hydrogens is 249 g/mol. The topological polar surface area (TPSA) is 62.3 Å². The minimum atomic E-state index is -0.600. The SMILES string of the molecule is CC(=O)NC1CCN(C(=O)c2ccncc2F)CC1. The van der Waals surface area contributed by atoms with Crippen LogP contribution >= 0.6 is 0 Å². The van der Waals surface area contributed by atoms with Gasteiger partial charge in [0.05, 0.1) is 11.8 Å². The zero-order valence-electron chi connectivity index (χ0n) is 10.7. The van der Waals surface area contributed by atoms with E-state index in [1.54, 1.807) is 4.90 Å². The predicted octanol–water partition coefficient (Wildman–Crippen LogP) is 0.961. The first-order valence-corrected chi connectivity index (χ1v) is 6.24. The first-order valence-electron chi connectivity index (χ1n) is 6.24. The fraction of sp³-hybridized carbons (Fsp3) is 0.462. The molecule has 0 saturated carbocycles. The molecule has 2 amide bonds. The van der Waals surface area contributed by atoms with Crippen LogP contribution in [0, 0.1) is 5.82 Å². The van der Waals surface area contributed by atoms with Gasteiger partial charge in [0.1, 0.15) is 0 Å². The smallest absolute Gasteiger partial charge is 0.256 e. The molecule has 0 atom stereocenters. The molecule has 5 nitrogen and oxygen atoms in total. The monoisotopic (exact) mass is 265 g/mol. The number of carbonyl (C=O) groups is 2. The zero-order valence-corrected chi connectivity index (χ0v) is 10.7. The Hall–Kier alpha value is -1.98. The van der Waals surface area contributed by atoms with Crippen molar-refractivity contribution in [2.24, 2.45) is 0 Å². The number of nitrogens with one attached hydrogen (secondary N) is 1. The summed E-state index contributed by atoms with van der Waals surface area (Å²) in [6, 6.07) is 1.49. The van der Waals surface area contributed by atoms with E-state index < -0.39 is 5.82 Å². The molecule has 1 aromatic rings. The molecule has 0 radical (unpaired) electrons. The van der Waals surface area contributed by atoms with Crippen molar-refractivity contribution in [3.8, 4) is 0 Å². The molecule has 1 aliphatic heterocycles. The minimum absolute atomic E-state index is 0.0491. The van der Waals surface area contributed by atoms with Crippen molar-refractivity contribution in [3.05, 3.63) is 29.8 Å². The number of carbonyl (C=O) groups excluding carboxylic acids is 2. The van der Waals surface area contributed by atoms with Gasteiger partial charge in [-0.25, -0.2) is 4.39 Å². The number of hydrogen-bond donors (Lipinski definition) is 1. The number of hydrogen-bond acceptors (Lipinski definition) is 3. The van der Waals surface area contributed by atoms with Gasteiger partial charge in [0.2, 0.25) is 5.91 Å². The van der Waals surface area contributed by atoms with Gasteiger partial charge in [-0.05, 0) is 18.9 Å². The average molecular weight is 265 g/mol. The van der Waals surface area contributed by atoms with Gasteiger partial charge in [-0.2, -0.15) is 0 Å². The summed E-state index contributed by atoms with van der Waals surface area (Å²) in [5, 5.41) is 2.83. The third-order valence-corrected chi connectivity index (χ3v) is 3.19. The van der Waals surface area contributed by atoms with Crippen LogP contribution in [0.1, 0.15) is 30.1 Å². The summed E-state index contributed by atoms with van der Waals surface area (Å²) in [5.74, 6) is -0.984. The van der Waals surface area contributed by atoms with Crippen LogP contribution < -0.4 is 5.32 Å². The van der Waals surface area contributed by atoms with E-state index in [1.807, 2.05) is 0 Å². The van der Waals surface area contributed by atoms with Crippen molar-refractivity contribution in [1.82, 2.24) is 15.2 Å². The van der Waals surface area contributed by atoms with Crippen LogP contribution in [-0.2, 0) is 4.79 Å². The van der Waals surface area contributed by atoms with Crippen LogP contribution in [0.5, 0.6) is 0 Å². The Morgan fingerprint density at radius 3 is 2.68 bits per heavy atom. The summed E-state index contributed by atoms with van der Waals surface area (Å²) in [5.41, 5.74) is 0.0491. The van der Waals surface area contributed by atoms with Crippen LogP contribution in [0.2, 0.25) is 0 Å². The normalized spacial score (nSPS) is 16.2. The van der Waals surface area contributed by atoms with Crippen molar-refractivity contribution in [3.63, 3.8) is 0 Å². The van der Waals surface area contributed by atoms with Crippen LogP contribution in [0.3, 0.4) is 0 Å². The predicted molar refractivity (Wildman–Crippen MR) is 66.9 cm³/mol. The quantitative estimate of drug-likeness (QED) is 0.866. The van der Waals surface area contributed by atoms with E-state index in [1.165, 1.54) is 19.2 Å². The van der Waals surface area contributed by atoms with E-state index in [-0.39, 0.29) is 23.4 Å². The molecule has 0 aliphatic carbocycles. The van der Waals surface area contributed by atoms with Crippen LogP contribution in [0.4, 0.5) is 4.39 Å². The third-order valence-electron chi connectivity index (χ3n) is 3.19. The van der Waals surface area contributed by atoms with Gasteiger partial charge in [0.15, 0.2) is 5.82 Å². The molecule has 19 heavy (non-hydrogen) atoms. The number of amides is 2. The number of likely N-dealkylation sites (tertiary alicyclic amines) is 1. The van der Waals surface area contributed by atoms with Crippen molar-refractivity contribution in [1.29, 1.82) is 0 Å². The van der Waals surface area contributed by atoms with Gasteiger partial charge < -0.3 is 10.2 Å². The van der Waals surface area contributed by atoms with Crippen LogP contribution in [0.25, 0.3) is 0 Å². The van der Waals surface area contributed by atoms with Crippen molar-refractivity contribution in [2.75, 3.05) is 13.1 Å². The Balaban J connectivity index is 1.96. The van der Waals surface area contributed by atoms with E-state index in [9.17, 15) is 14.0 Å². The Bertz CT molecular complexity index is 485. The summed E-state index contributed by atoms with van der Waals surface area (Å²) in [6.07, 6.45) is 3.83. The van der Waals surface area contributed by atoms with E-state index in [0.717, 1.165) is 6.20 Å². The van der Waals surface area contributed by atoms with E-state index in [4.69, 9.17) is 0 Å². The van der Waals surface area contributed by atoms with Crippen LogP contribution in [-0.4, -0.2) is 40.8 Å². The summed E-state index contributed by atoms with van der Waals surface area (Å²) < 4.78 is 13.5. The number of halogens is 1. The molecule has 1 saturated heterocycles. The number of nitrogens with zero attached hydrogens (tertiary/aromatic N) is 2. The molecule has 0 aromatic carbocycles. The fourth-order valence-corrected chi connectivity index (χ4v) is 2.23. The summed E-state index contributed by atoms with van der Waals surface area (Å²) in [4.78, 5) is 28.3. The second-order valence-corrected chi connectivity index (χ2v) is 4.62. The Morgan fingerprint density at radius 2 is 2.11 bits per heavy atom. The van der Waals surface area contributed by atoms with Gasteiger partial charge >= 0.3 is 0 Å². The first kappa shape index (κ1) is 13.5. The van der Waals surface area contributed by atoms with Gasteiger partial charge in [-0.3, -0.25) is 14.6 Å². The largest absolute Gasteiger partial charge is 0.353 e. The zero-order chi connectivity index (χ0) is 13.8. The number of piperidine rings is 1. The van der Waals surface area contributed by atoms with Gasteiger partial charge in [0, 0.05) is 32.3 Å². The number of rotatable bonds is 2. The number of aromatic nitrogens is 1. The summed E-state index contributed by atoms with van der Waals surface area (Å²) in [7, 11) is 0.